The number of benzene rings is 1. The number of piperidine rings is 1. The fourth-order valence-electron chi connectivity index (χ4n) is 2.44. The maximum absolute atomic E-state index is 12.4. The number of nitrogens with two attached hydrogens (primary N) is 1. The predicted molar refractivity (Wildman–Crippen MR) is 78.7 cm³/mol. The first kappa shape index (κ1) is 14.6. The van der Waals surface area contributed by atoms with E-state index in [1.165, 1.54) is 0 Å². The standard InChI is InChI=1S/C14H18Cl2N2O/c1-9(17)11-3-2-6-18(8-11)14(19)10-4-5-12(15)13(16)7-10/h4-5,7,9,11H,2-3,6,8,17H2,1H3/t9-,11-/m1/s1. The first-order chi connectivity index (χ1) is 8.99. The molecule has 1 amide bonds. The van der Waals surface area contributed by atoms with Crippen molar-refractivity contribution in [1.29, 1.82) is 0 Å². The topological polar surface area (TPSA) is 46.3 Å². The van der Waals surface area contributed by atoms with E-state index in [-0.39, 0.29) is 11.9 Å². The van der Waals surface area contributed by atoms with Gasteiger partial charge in [-0.25, -0.2) is 0 Å². The summed E-state index contributed by atoms with van der Waals surface area (Å²) in [7, 11) is 0. The third-order valence-corrected chi connectivity index (χ3v) is 4.39. The second-order valence-corrected chi connectivity index (χ2v) is 5.96. The minimum atomic E-state index is 0.00363. The molecule has 2 atom stereocenters. The number of amides is 1. The summed E-state index contributed by atoms with van der Waals surface area (Å²) in [4.78, 5) is 14.3. The Bertz CT molecular complexity index is 477. The lowest BCUT2D eigenvalue weighted by Gasteiger charge is -2.34. The maximum atomic E-state index is 12.4. The largest absolute Gasteiger partial charge is 0.338 e. The Morgan fingerprint density at radius 1 is 1.42 bits per heavy atom. The van der Waals surface area contributed by atoms with Crippen molar-refractivity contribution in [3.8, 4) is 0 Å². The zero-order valence-electron chi connectivity index (χ0n) is 10.9. The molecule has 104 valence electrons. The van der Waals surface area contributed by atoms with Crippen LogP contribution in [0.25, 0.3) is 0 Å². The summed E-state index contributed by atoms with van der Waals surface area (Å²) in [5.41, 5.74) is 6.52. The van der Waals surface area contributed by atoms with Crippen molar-refractivity contribution in [3.05, 3.63) is 33.8 Å². The molecule has 0 aromatic heterocycles. The van der Waals surface area contributed by atoms with Crippen molar-refractivity contribution in [2.45, 2.75) is 25.8 Å². The molecule has 1 aromatic rings. The fraction of sp³-hybridized carbons (Fsp3) is 0.500. The van der Waals surface area contributed by atoms with Gasteiger partial charge in [-0.1, -0.05) is 23.2 Å². The Kier molecular flexibility index (Phi) is 4.71. The molecule has 0 radical (unpaired) electrons. The van der Waals surface area contributed by atoms with Crippen LogP contribution in [0.2, 0.25) is 10.0 Å². The smallest absolute Gasteiger partial charge is 0.253 e. The molecule has 0 bridgehead atoms. The molecule has 2 rings (SSSR count). The van der Waals surface area contributed by atoms with Gasteiger partial charge in [-0.05, 0) is 43.9 Å². The van der Waals surface area contributed by atoms with Gasteiger partial charge in [0.1, 0.15) is 0 Å². The van der Waals surface area contributed by atoms with Gasteiger partial charge in [0.05, 0.1) is 10.0 Å². The highest BCUT2D eigenvalue weighted by Gasteiger charge is 2.26. The van der Waals surface area contributed by atoms with Crippen LogP contribution in [0, 0.1) is 5.92 Å². The SMILES string of the molecule is C[C@@H](N)[C@@H]1CCCN(C(=O)c2ccc(Cl)c(Cl)c2)C1. The van der Waals surface area contributed by atoms with E-state index in [2.05, 4.69) is 0 Å². The Morgan fingerprint density at radius 3 is 2.79 bits per heavy atom. The molecule has 0 spiro atoms. The monoisotopic (exact) mass is 300 g/mol. The number of halogens is 2. The van der Waals surface area contributed by atoms with E-state index in [0.29, 0.717) is 21.5 Å². The summed E-state index contributed by atoms with van der Waals surface area (Å²) >= 11 is 11.8. The first-order valence-electron chi connectivity index (χ1n) is 6.49. The van der Waals surface area contributed by atoms with Gasteiger partial charge in [0.2, 0.25) is 0 Å². The molecule has 1 heterocycles. The molecule has 0 aliphatic carbocycles. The van der Waals surface area contributed by atoms with Crippen molar-refractivity contribution in [1.82, 2.24) is 4.90 Å². The fourth-order valence-corrected chi connectivity index (χ4v) is 2.73. The molecule has 1 fully saturated rings. The van der Waals surface area contributed by atoms with Crippen LogP contribution in [0.3, 0.4) is 0 Å². The Labute approximate surface area is 123 Å². The average Bonchev–Trinajstić information content (AvgIpc) is 2.41. The van der Waals surface area contributed by atoms with E-state index >= 15 is 0 Å². The lowest BCUT2D eigenvalue weighted by Crippen LogP contribution is -2.45. The molecular formula is C14H18Cl2N2O. The quantitative estimate of drug-likeness (QED) is 0.912. The van der Waals surface area contributed by atoms with Crippen LogP contribution in [0.15, 0.2) is 18.2 Å². The van der Waals surface area contributed by atoms with Crippen LogP contribution < -0.4 is 5.73 Å². The van der Waals surface area contributed by atoms with E-state index < -0.39 is 0 Å². The number of carbonyl (C=O) groups is 1. The molecular weight excluding hydrogens is 283 g/mol. The number of carbonyl (C=O) groups excluding carboxylic acids is 1. The molecule has 0 unspecified atom stereocenters. The highest BCUT2D eigenvalue weighted by molar-refractivity contribution is 6.42. The normalized spacial score (nSPS) is 21.3. The number of likely N-dealkylation sites (tertiary alicyclic amines) is 1. The molecule has 19 heavy (non-hydrogen) atoms. The molecule has 0 saturated carbocycles. The summed E-state index contributed by atoms with van der Waals surface area (Å²) in [6.45, 7) is 3.50. The summed E-state index contributed by atoms with van der Waals surface area (Å²) in [5, 5.41) is 0.874. The minimum absolute atomic E-state index is 0.00363. The lowest BCUT2D eigenvalue weighted by atomic mass is 9.92. The van der Waals surface area contributed by atoms with Gasteiger partial charge in [-0.15, -0.1) is 0 Å². The highest BCUT2D eigenvalue weighted by atomic mass is 35.5. The van der Waals surface area contributed by atoms with E-state index in [1.807, 2.05) is 11.8 Å². The van der Waals surface area contributed by atoms with Crippen molar-refractivity contribution < 1.29 is 4.79 Å². The Morgan fingerprint density at radius 2 is 2.16 bits per heavy atom. The molecule has 3 nitrogen and oxygen atoms in total. The third kappa shape index (κ3) is 3.41. The molecule has 1 aliphatic heterocycles. The number of hydrogen-bond donors (Lipinski definition) is 1. The molecule has 1 aromatic carbocycles. The third-order valence-electron chi connectivity index (χ3n) is 3.66. The second-order valence-electron chi connectivity index (χ2n) is 5.14. The molecule has 1 aliphatic rings. The zero-order valence-corrected chi connectivity index (χ0v) is 12.4. The van der Waals surface area contributed by atoms with Gasteiger partial charge >= 0.3 is 0 Å². The van der Waals surface area contributed by atoms with E-state index in [1.54, 1.807) is 18.2 Å². The summed E-state index contributed by atoms with van der Waals surface area (Å²) in [6, 6.07) is 5.11. The summed E-state index contributed by atoms with van der Waals surface area (Å²) < 4.78 is 0. The van der Waals surface area contributed by atoms with Crippen LogP contribution in [-0.2, 0) is 0 Å². The van der Waals surface area contributed by atoms with E-state index in [4.69, 9.17) is 28.9 Å². The summed E-state index contributed by atoms with van der Waals surface area (Å²) in [5.74, 6) is 0.379. The molecule has 1 saturated heterocycles. The van der Waals surface area contributed by atoms with E-state index in [0.717, 1.165) is 25.9 Å². The number of rotatable bonds is 2. The van der Waals surface area contributed by atoms with Gasteiger partial charge in [-0.3, -0.25) is 4.79 Å². The van der Waals surface area contributed by atoms with Crippen molar-refractivity contribution in [3.63, 3.8) is 0 Å². The maximum Gasteiger partial charge on any atom is 0.253 e. The van der Waals surface area contributed by atoms with Crippen molar-refractivity contribution >= 4 is 29.1 Å². The summed E-state index contributed by atoms with van der Waals surface area (Å²) in [6.07, 6.45) is 2.09. The van der Waals surface area contributed by atoms with Gasteiger partial charge < -0.3 is 10.6 Å². The molecule has 5 heteroatoms. The first-order valence-corrected chi connectivity index (χ1v) is 7.24. The lowest BCUT2D eigenvalue weighted by molar-refractivity contribution is 0.0661. The number of hydrogen-bond acceptors (Lipinski definition) is 2. The van der Waals surface area contributed by atoms with Crippen LogP contribution in [0.5, 0.6) is 0 Å². The van der Waals surface area contributed by atoms with Crippen LogP contribution in [0.4, 0.5) is 0 Å². The Balaban J connectivity index is 2.12. The van der Waals surface area contributed by atoms with Crippen LogP contribution >= 0.6 is 23.2 Å². The van der Waals surface area contributed by atoms with Crippen LogP contribution in [0.1, 0.15) is 30.1 Å². The second kappa shape index (κ2) is 6.12. The van der Waals surface area contributed by atoms with Gasteiger partial charge in [-0.2, -0.15) is 0 Å². The Hall–Kier alpha value is -0.770. The van der Waals surface area contributed by atoms with Gasteiger partial charge in [0.25, 0.3) is 5.91 Å². The van der Waals surface area contributed by atoms with Crippen LogP contribution in [-0.4, -0.2) is 29.9 Å². The predicted octanol–water partition coefficient (Wildman–Crippen LogP) is 3.19. The minimum Gasteiger partial charge on any atom is -0.338 e. The van der Waals surface area contributed by atoms with Gasteiger partial charge in [0, 0.05) is 24.7 Å². The van der Waals surface area contributed by atoms with E-state index in [9.17, 15) is 4.79 Å². The number of nitrogens with zero attached hydrogens (tertiary/aromatic N) is 1. The average molecular weight is 301 g/mol. The van der Waals surface area contributed by atoms with Gasteiger partial charge in [0.15, 0.2) is 0 Å². The van der Waals surface area contributed by atoms with Crippen molar-refractivity contribution in [2.24, 2.45) is 11.7 Å². The van der Waals surface area contributed by atoms with Crippen molar-refractivity contribution in [2.75, 3.05) is 13.1 Å². The highest BCUT2D eigenvalue weighted by Crippen LogP contribution is 2.25. The molecule has 2 N–H and O–H groups in total. The zero-order chi connectivity index (χ0) is 14.0.